The number of rotatable bonds is 2. The number of piperidine rings is 1. The van der Waals surface area contributed by atoms with Crippen molar-refractivity contribution in [1.82, 2.24) is 10.2 Å². The topological polar surface area (TPSA) is 92.1 Å². The fourth-order valence-corrected chi connectivity index (χ4v) is 3.09. The van der Waals surface area contributed by atoms with Crippen LogP contribution < -0.4 is 10.6 Å². The SMILES string of the molecule is CC1CCN(c2n[nH]c(N)c2S(C)(=O)=O)CC1. The maximum atomic E-state index is 11.7. The minimum atomic E-state index is -3.34. The van der Waals surface area contributed by atoms with E-state index in [0.717, 1.165) is 32.2 Å². The van der Waals surface area contributed by atoms with E-state index in [1.54, 1.807) is 0 Å². The average molecular weight is 258 g/mol. The largest absolute Gasteiger partial charge is 0.383 e. The second-order valence-corrected chi connectivity index (χ2v) is 6.68. The van der Waals surface area contributed by atoms with Crippen LogP contribution in [0.15, 0.2) is 4.90 Å². The maximum Gasteiger partial charge on any atom is 0.182 e. The molecule has 3 N–H and O–H groups in total. The van der Waals surface area contributed by atoms with Gasteiger partial charge < -0.3 is 10.6 Å². The van der Waals surface area contributed by atoms with Gasteiger partial charge in [-0.3, -0.25) is 5.10 Å². The predicted molar refractivity (Wildman–Crippen MR) is 66.7 cm³/mol. The van der Waals surface area contributed by atoms with Crippen LogP contribution >= 0.6 is 0 Å². The second-order valence-electron chi connectivity index (χ2n) is 4.73. The normalized spacial score (nSPS) is 18.6. The molecule has 1 aliphatic heterocycles. The lowest BCUT2D eigenvalue weighted by Gasteiger charge is -2.30. The zero-order valence-electron chi connectivity index (χ0n) is 10.1. The van der Waals surface area contributed by atoms with Crippen LogP contribution in [0.1, 0.15) is 19.8 Å². The van der Waals surface area contributed by atoms with E-state index < -0.39 is 9.84 Å². The molecule has 2 heterocycles. The lowest BCUT2D eigenvalue weighted by atomic mass is 9.99. The Kier molecular flexibility index (Phi) is 3.03. The Morgan fingerprint density at radius 2 is 2.00 bits per heavy atom. The Morgan fingerprint density at radius 1 is 1.41 bits per heavy atom. The summed E-state index contributed by atoms with van der Waals surface area (Å²) in [4.78, 5) is 2.12. The van der Waals surface area contributed by atoms with E-state index >= 15 is 0 Å². The molecule has 0 unspecified atom stereocenters. The van der Waals surface area contributed by atoms with Gasteiger partial charge in [0.15, 0.2) is 20.6 Å². The van der Waals surface area contributed by atoms with Crippen LogP contribution in [0, 0.1) is 5.92 Å². The summed E-state index contributed by atoms with van der Waals surface area (Å²) in [5, 5.41) is 6.59. The standard InChI is InChI=1S/C10H18N4O2S/c1-7-3-5-14(6-4-7)10-8(17(2,15)16)9(11)12-13-10/h7H,3-6H2,1-2H3,(H3,11,12,13). The number of nitrogen functional groups attached to an aromatic ring is 1. The number of aromatic nitrogens is 2. The summed E-state index contributed by atoms with van der Waals surface area (Å²) >= 11 is 0. The van der Waals surface area contributed by atoms with Gasteiger partial charge in [0.2, 0.25) is 0 Å². The Balaban J connectivity index is 2.34. The number of nitrogens with two attached hydrogens (primary N) is 1. The first-order valence-corrected chi connectivity index (χ1v) is 7.57. The van der Waals surface area contributed by atoms with Gasteiger partial charge in [-0.15, -0.1) is 0 Å². The molecule has 0 radical (unpaired) electrons. The van der Waals surface area contributed by atoms with Crippen LogP contribution in [-0.2, 0) is 9.84 Å². The summed E-state index contributed by atoms with van der Waals surface area (Å²) in [5.74, 6) is 1.28. The Bertz CT molecular complexity index is 500. The number of sulfone groups is 1. The Hall–Kier alpha value is -1.24. The van der Waals surface area contributed by atoms with Crippen LogP contribution in [0.4, 0.5) is 11.6 Å². The van der Waals surface area contributed by atoms with Crippen molar-refractivity contribution in [3.63, 3.8) is 0 Å². The molecule has 0 spiro atoms. The minimum Gasteiger partial charge on any atom is -0.383 e. The molecular formula is C10H18N4O2S. The summed E-state index contributed by atoms with van der Waals surface area (Å²) in [6, 6.07) is 0. The third-order valence-corrected chi connectivity index (χ3v) is 4.33. The fraction of sp³-hybridized carbons (Fsp3) is 0.700. The van der Waals surface area contributed by atoms with Crippen LogP contribution in [0.25, 0.3) is 0 Å². The highest BCUT2D eigenvalue weighted by atomic mass is 32.2. The molecule has 1 aromatic rings. The molecule has 0 atom stereocenters. The summed E-state index contributed by atoms with van der Waals surface area (Å²) in [7, 11) is -3.34. The van der Waals surface area contributed by atoms with Gasteiger partial charge in [0.25, 0.3) is 0 Å². The summed E-state index contributed by atoms with van der Waals surface area (Å²) in [5.41, 5.74) is 5.64. The van der Waals surface area contributed by atoms with E-state index in [4.69, 9.17) is 5.73 Å². The quantitative estimate of drug-likeness (QED) is 0.811. The van der Waals surface area contributed by atoms with E-state index in [9.17, 15) is 8.42 Å². The number of hydrogen-bond donors (Lipinski definition) is 2. The lowest BCUT2D eigenvalue weighted by Crippen LogP contribution is -2.33. The third-order valence-electron chi connectivity index (χ3n) is 3.18. The molecule has 0 aromatic carbocycles. The second kappa shape index (κ2) is 4.21. The van der Waals surface area contributed by atoms with E-state index in [1.165, 1.54) is 0 Å². The number of hydrogen-bond acceptors (Lipinski definition) is 5. The molecule has 1 aromatic heterocycles. The summed E-state index contributed by atoms with van der Waals surface area (Å²) in [6.45, 7) is 3.86. The van der Waals surface area contributed by atoms with Crippen molar-refractivity contribution in [2.45, 2.75) is 24.7 Å². The van der Waals surface area contributed by atoms with Gasteiger partial charge in [-0.2, -0.15) is 5.10 Å². The molecule has 6 nitrogen and oxygen atoms in total. The van der Waals surface area contributed by atoms with Gasteiger partial charge >= 0.3 is 0 Å². The van der Waals surface area contributed by atoms with E-state index in [-0.39, 0.29) is 10.7 Å². The zero-order chi connectivity index (χ0) is 12.6. The highest BCUT2D eigenvalue weighted by Gasteiger charge is 2.27. The molecule has 0 amide bonds. The molecule has 96 valence electrons. The van der Waals surface area contributed by atoms with Crippen molar-refractivity contribution in [2.75, 3.05) is 30.0 Å². The molecule has 1 aliphatic rings. The maximum absolute atomic E-state index is 11.7. The highest BCUT2D eigenvalue weighted by Crippen LogP contribution is 2.30. The van der Waals surface area contributed by atoms with E-state index in [1.807, 2.05) is 4.90 Å². The first kappa shape index (κ1) is 12.2. The van der Waals surface area contributed by atoms with Crippen molar-refractivity contribution in [1.29, 1.82) is 0 Å². The van der Waals surface area contributed by atoms with Crippen molar-refractivity contribution in [3.8, 4) is 0 Å². The first-order valence-electron chi connectivity index (χ1n) is 5.68. The monoisotopic (exact) mass is 258 g/mol. The third kappa shape index (κ3) is 2.38. The predicted octanol–water partition coefficient (Wildman–Crippen LogP) is 0.632. The molecule has 0 aliphatic carbocycles. The summed E-state index contributed by atoms with van der Waals surface area (Å²) in [6.07, 6.45) is 3.26. The molecule has 0 saturated carbocycles. The van der Waals surface area contributed by atoms with Crippen LogP contribution in [-0.4, -0.2) is 38.0 Å². The molecule has 0 bridgehead atoms. The van der Waals surface area contributed by atoms with E-state index in [2.05, 4.69) is 17.1 Å². The molecule has 2 rings (SSSR count). The highest BCUT2D eigenvalue weighted by molar-refractivity contribution is 7.91. The zero-order valence-corrected chi connectivity index (χ0v) is 10.9. The average Bonchev–Trinajstić information content (AvgIpc) is 2.61. The molecular weight excluding hydrogens is 240 g/mol. The van der Waals surface area contributed by atoms with Crippen LogP contribution in [0.2, 0.25) is 0 Å². The Labute approximate surface area is 101 Å². The number of nitrogens with zero attached hydrogens (tertiary/aromatic N) is 2. The van der Waals surface area contributed by atoms with Crippen molar-refractivity contribution in [2.24, 2.45) is 5.92 Å². The van der Waals surface area contributed by atoms with E-state index in [0.29, 0.717) is 11.7 Å². The molecule has 1 saturated heterocycles. The number of anilines is 2. The molecule has 17 heavy (non-hydrogen) atoms. The van der Waals surface area contributed by atoms with Crippen molar-refractivity contribution < 1.29 is 8.42 Å². The lowest BCUT2D eigenvalue weighted by molar-refractivity contribution is 0.435. The Morgan fingerprint density at radius 3 is 2.53 bits per heavy atom. The molecule has 7 heteroatoms. The van der Waals surface area contributed by atoms with Gasteiger partial charge in [-0.25, -0.2) is 8.42 Å². The minimum absolute atomic E-state index is 0.126. The van der Waals surface area contributed by atoms with Crippen molar-refractivity contribution >= 4 is 21.5 Å². The number of H-pyrrole nitrogens is 1. The van der Waals surface area contributed by atoms with Crippen molar-refractivity contribution in [3.05, 3.63) is 0 Å². The van der Waals surface area contributed by atoms with Gasteiger partial charge in [0, 0.05) is 19.3 Å². The summed E-state index contributed by atoms with van der Waals surface area (Å²) < 4.78 is 23.4. The van der Waals surface area contributed by atoms with Crippen LogP contribution in [0.5, 0.6) is 0 Å². The van der Waals surface area contributed by atoms with Gasteiger partial charge in [0.05, 0.1) is 0 Å². The number of nitrogens with one attached hydrogen (secondary N) is 1. The van der Waals surface area contributed by atoms with Crippen LogP contribution in [0.3, 0.4) is 0 Å². The van der Waals surface area contributed by atoms with Gasteiger partial charge in [0.1, 0.15) is 5.82 Å². The van der Waals surface area contributed by atoms with Gasteiger partial charge in [-0.1, -0.05) is 6.92 Å². The fourth-order valence-electron chi connectivity index (χ4n) is 2.14. The van der Waals surface area contributed by atoms with Gasteiger partial charge in [-0.05, 0) is 18.8 Å². The number of aromatic amines is 1. The first-order chi connectivity index (χ1) is 7.89. The smallest absolute Gasteiger partial charge is 0.182 e. The molecule has 1 fully saturated rings.